The van der Waals surface area contributed by atoms with Crippen LogP contribution >= 0.6 is 0 Å². The molecule has 0 saturated carbocycles. The Bertz CT molecular complexity index is 696. The number of amides is 4. The lowest BCUT2D eigenvalue weighted by Gasteiger charge is -2.35. The number of imide groups is 1. The fraction of sp³-hybridized carbons (Fsp3) is 0.600. The average Bonchev–Trinajstić information content (AvgIpc) is 2.92. The molecule has 0 bridgehead atoms. The van der Waals surface area contributed by atoms with Crippen LogP contribution < -0.4 is 0 Å². The van der Waals surface area contributed by atoms with Crippen LogP contribution in [0, 0.1) is 13.8 Å². The number of urea groups is 1. The van der Waals surface area contributed by atoms with Crippen molar-refractivity contribution in [3.63, 3.8) is 0 Å². The second kappa shape index (κ2) is 5.36. The number of carbonyl (C=O) groups is 3. The predicted molar refractivity (Wildman–Crippen MR) is 81.9 cm³/mol. The minimum absolute atomic E-state index is 0.122. The molecule has 2 aliphatic rings. The first-order valence-electron chi connectivity index (χ1n) is 7.78. The monoisotopic (exact) mass is 319 g/mol. The average molecular weight is 319 g/mol. The number of fused-ring (bicyclic) bond motifs is 1. The normalized spacial score (nSPS) is 21.2. The van der Waals surface area contributed by atoms with Crippen LogP contribution in [0.4, 0.5) is 4.79 Å². The molecule has 2 saturated heterocycles. The lowest BCUT2D eigenvalue weighted by atomic mass is 10.1. The van der Waals surface area contributed by atoms with Crippen LogP contribution in [0.2, 0.25) is 0 Å². The molecule has 3 heterocycles. The quantitative estimate of drug-likeness (QED) is 0.727. The molecule has 0 N–H and O–H groups in total. The van der Waals surface area contributed by atoms with Gasteiger partial charge in [0.15, 0.2) is 0 Å². The number of piperazine rings is 1. The molecule has 1 aromatic heterocycles. The Balaban J connectivity index is 1.83. The van der Waals surface area contributed by atoms with Crippen molar-refractivity contribution in [2.75, 3.05) is 26.2 Å². The summed E-state index contributed by atoms with van der Waals surface area (Å²) in [5, 5.41) is 4.27. The molecule has 0 aliphatic carbocycles. The van der Waals surface area contributed by atoms with Crippen molar-refractivity contribution < 1.29 is 14.4 Å². The molecule has 0 spiro atoms. The summed E-state index contributed by atoms with van der Waals surface area (Å²) in [6, 6.07) is -0.805. The summed E-state index contributed by atoms with van der Waals surface area (Å²) >= 11 is 0. The second-order valence-electron chi connectivity index (χ2n) is 5.99. The highest BCUT2D eigenvalue weighted by molar-refractivity contribution is 6.05. The van der Waals surface area contributed by atoms with E-state index in [4.69, 9.17) is 0 Å². The molecule has 3 rings (SSSR count). The highest BCUT2D eigenvalue weighted by Gasteiger charge is 2.47. The Morgan fingerprint density at radius 1 is 1.26 bits per heavy atom. The maximum absolute atomic E-state index is 12.8. The van der Waals surface area contributed by atoms with Crippen LogP contribution in [0.25, 0.3) is 0 Å². The summed E-state index contributed by atoms with van der Waals surface area (Å²) in [4.78, 5) is 41.8. The first-order chi connectivity index (χ1) is 10.9. The lowest BCUT2D eigenvalue weighted by molar-refractivity contribution is -0.129. The topological polar surface area (TPSA) is 78.8 Å². The van der Waals surface area contributed by atoms with Crippen molar-refractivity contribution in [2.24, 2.45) is 7.05 Å². The number of aryl methyl sites for hydroxylation is 2. The van der Waals surface area contributed by atoms with E-state index in [1.807, 2.05) is 6.92 Å². The number of hydrogen-bond donors (Lipinski definition) is 0. The number of hydrogen-bond acceptors (Lipinski definition) is 4. The summed E-state index contributed by atoms with van der Waals surface area (Å²) in [5.41, 5.74) is 2.07. The Hall–Kier alpha value is -2.38. The first-order valence-corrected chi connectivity index (χ1v) is 7.78. The molecular formula is C15H21N5O3. The number of nitrogens with zero attached hydrogens (tertiary/aromatic N) is 5. The van der Waals surface area contributed by atoms with Crippen molar-refractivity contribution in [3.8, 4) is 0 Å². The third-order valence-electron chi connectivity index (χ3n) is 4.73. The molecule has 1 atom stereocenters. The zero-order chi connectivity index (χ0) is 16.9. The smallest absolute Gasteiger partial charge is 0.327 e. The van der Waals surface area contributed by atoms with Crippen molar-refractivity contribution in [3.05, 3.63) is 17.0 Å². The van der Waals surface area contributed by atoms with Crippen molar-refractivity contribution in [2.45, 2.75) is 26.8 Å². The molecular weight excluding hydrogens is 298 g/mol. The molecule has 0 radical (unpaired) electrons. The van der Waals surface area contributed by atoms with Gasteiger partial charge >= 0.3 is 6.03 Å². The highest BCUT2D eigenvalue weighted by atomic mass is 16.2. The molecule has 8 nitrogen and oxygen atoms in total. The molecule has 4 amide bonds. The molecule has 2 fully saturated rings. The van der Waals surface area contributed by atoms with E-state index in [-0.39, 0.29) is 24.4 Å². The van der Waals surface area contributed by atoms with E-state index < -0.39 is 6.04 Å². The van der Waals surface area contributed by atoms with Crippen LogP contribution in [0.1, 0.15) is 28.7 Å². The van der Waals surface area contributed by atoms with Gasteiger partial charge in [0.1, 0.15) is 6.04 Å². The molecule has 23 heavy (non-hydrogen) atoms. The van der Waals surface area contributed by atoms with E-state index in [1.54, 1.807) is 35.4 Å². The van der Waals surface area contributed by atoms with E-state index in [1.165, 1.54) is 4.90 Å². The van der Waals surface area contributed by atoms with E-state index in [9.17, 15) is 14.4 Å². The maximum Gasteiger partial charge on any atom is 0.327 e. The van der Waals surface area contributed by atoms with Gasteiger partial charge in [-0.15, -0.1) is 0 Å². The van der Waals surface area contributed by atoms with Gasteiger partial charge in [0.2, 0.25) is 0 Å². The lowest BCUT2D eigenvalue weighted by Crippen LogP contribution is -2.54. The SMILES string of the molecule is CCN1C(=O)C2CN(C(=O)c3c(C)nn(C)c3C)CCN2C1=O. The predicted octanol–water partition coefficient (Wildman–Crippen LogP) is 0.145. The van der Waals surface area contributed by atoms with Gasteiger partial charge in [-0.05, 0) is 20.8 Å². The number of likely N-dealkylation sites (N-methyl/N-ethyl adjacent to an activating group) is 1. The van der Waals surface area contributed by atoms with Gasteiger partial charge in [-0.2, -0.15) is 5.10 Å². The van der Waals surface area contributed by atoms with Crippen LogP contribution in [0.15, 0.2) is 0 Å². The first kappa shape index (κ1) is 15.5. The van der Waals surface area contributed by atoms with Crippen LogP contribution in [-0.2, 0) is 11.8 Å². The number of aromatic nitrogens is 2. The number of carbonyl (C=O) groups excluding carboxylic acids is 3. The zero-order valence-corrected chi connectivity index (χ0v) is 13.9. The van der Waals surface area contributed by atoms with Gasteiger partial charge in [0.05, 0.1) is 17.8 Å². The molecule has 1 aromatic rings. The van der Waals surface area contributed by atoms with Gasteiger partial charge in [-0.3, -0.25) is 19.2 Å². The third kappa shape index (κ3) is 2.20. The zero-order valence-electron chi connectivity index (χ0n) is 13.9. The van der Waals surface area contributed by atoms with Crippen molar-refractivity contribution in [1.82, 2.24) is 24.5 Å². The number of rotatable bonds is 2. The minimum atomic E-state index is -0.558. The van der Waals surface area contributed by atoms with Gasteiger partial charge in [-0.1, -0.05) is 0 Å². The highest BCUT2D eigenvalue weighted by Crippen LogP contribution is 2.24. The maximum atomic E-state index is 12.8. The molecule has 8 heteroatoms. The molecule has 2 aliphatic heterocycles. The Morgan fingerprint density at radius 2 is 1.96 bits per heavy atom. The van der Waals surface area contributed by atoms with E-state index >= 15 is 0 Å². The Kier molecular flexibility index (Phi) is 3.62. The third-order valence-corrected chi connectivity index (χ3v) is 4.73. The van der Waals surface area contributed by atoms with Crippen molar-refractivity contribution in [1.29, 1.82) is 0 Å². The fourth-order valence-electron chi connectivity index (χ4n) is 3.37. The van der Waals surface area contributed by atoms with Crippen molar-refractivity contribution >= 4 is 17.8 Å². The fourth-order valence-corrected chi connectivity index (χ4v) is 3.37. The second-order valence-corrected chi connectivity index (χ2v) is 5.99. The summed E-state index contributed by atoms with van der Waals surface area (Å²) in [6.07, 6.45) is 0. The Morgan fingerprint density at radius 3 is 2.52 bits per heavy atom. The van der Waals surface area contributed by atoms with Gasteiger partial charge < -0.3 is 9.80 Å². The van der Waals surface area contributed by atoms with Crippen LogP contribution in [0.3, 0.4) is 0 Å². The van der Waals surface area contributed by atoms with Gasteiger partial charge in [0.25, 0.3) is 11.8 Å². The van der Waals surface area contributed by atoms with E-state index in [2.05, 4.69) is 5.10 Å². The molecule has 0 aromatic carbocycles. The Labute approximate surface area is 134 Å². The van der Waals surface area contributed by atoms with E-state index in [0.717, 1.165) is 5.69 Å². The molecule has 124 valence electrons. The summed E-state index contributed by atoms with van der Waals surface area (Å²) in [5.74, 6) is -0.336. The summed E-state index contributed by atoms with van der Waals surface area (Å²) in [7, 11) is 1.80. The molecule has 1 unspecified atom stereocenters. The summed E-state index contributed by atoms with van der Waals surface area (Å²) in [6.45, 7) is 6.86. The van der Waals surface area contributed by atoms with Gasteiger partial charge in [-0.25, -0.2) is 4.79 Å². The largest absolute Gasteiger partial charge is 0.334 e. The van der Waals surface area contributed by atoms with Crippen LogP contribution in [0.5, 0.6) is 0 Å². The standard InChI is InChI=1S/C15H21N5O3/c1-5-19-13(21)11-8-18(6-7-20(11)15(19)23)14(22)12-9(2)16-17(4)10(12)3/h11H,5-8H2,1-4H3. The minimum Gasteiger partial charge on any atom is -0.334 e. The van der Waals surface area contributed by atoms with E-state index in [0.29, 0.717) is 30.9 Å². The summed E-state index contributed by atoms with van der Waals surface area (Å²) < 4.78 is 1.68. The van der Waals surface area contributed by atoms with Crippen LogP contribution in [-0.4, -0.2) is 74.5 Å². The van der Waals surface area contributed by atoms with Gasteiger partial charge in [0, 0.05) is 32.4 Å².